The van der Waals surface area contributed by atoms with Crippen molar-refractivity contribution in [3.63, 3.8) is 0 Å². The Morgan fingerprint density at radius 1 is 0.615 bits per heavy atom. The molecule has 1 saturated heterocycles. The molecule has 0 spiro atoms. The number of hydrogen-bond acceptors (Lipinski definition) is 19. The number of unbranched alkanes of at least 4 members (excludes halogenated alkanes) is 7. The third-order valence-corrected chi connectivity index (χ3v) is 18.3. The first-order valence-electron chi connectivity index (χ1n) is 36.2. The predicted octanol–water partition coefficient (Wildman–Crippen LogP) is 0.939. The van der Waals surface area contributed by atoms with Gasteiger partial charge < -0.3 is 94.5 Å². The summed E-state index contributed by atoms with van der Waals surface area (Å²) in [5.74, 6) is -14.7. The van der Waals surface area contributed by atoms with E-state index in [1.807, 2.05) is 0 Å². The Bertz CT molecular complexity index is 3210. The van der Waals surface area contributed by atoms with Crippen molar-refractivity contribution in [3.8, 4) is 11.5 Å². The van der Waals surface area contributed by atoms with Gasteiger partial charge in [0.25, 0.3) is 0 Å². The van der Waals surface area contributed by atoms with Gasteiger partial charge in [0, 0.05) is 38.6 Å². The van der Waals surface area contributed by atoms with Crippen LogP contribution >= 0.6 is 0 Å². The molecule has 0 radical (unpaired) electrons. The molecule has 1 unspecified atom stereocenters. The highest BCUT2D eigenvalue weighted by atomic mass is 16.5. The van der Waals surface area contributed by atoms with Gasteiger partial charge in [-0.25, -0.2) is 4.79 Å². The number of hydrogen-bond donors (Lipinski definition) is 16. The summed E-state index contributed by atoms with van der Waals surface area (Å²) in [7, 11) is 0. The minimum absolute atomic E-state index is 0.0229. The minimum atomic E-state index is -1.98. The molecule has 0 aliphatic carbocycles. The summed E-state index contributed by atoms with van der Waals surface area (Å²) >= 11 is 0. The van der Waals surface area contributed by atoms with Crippen molar-refractivity contribution in [2.75, 3.05) is 13.1 Å². The molecule has 2 aromatic carbocycles. The molecule has 13 atom stereocenters. The first-order chi connectivity index (χ1) is 49.3. The second kappa shape index (κ2) is 45.0. The van der Waals surface area contributed by atoms with Gasteiger partial charge in [0.15, 0.2) is 0 Å². The zero-order chi connectivity index (χ0) is 77.2. The van der Waals surface area contributed by atoms with Crippen LogP contribution in [0.3, 0.4) is 0 Å². The number of esters is 1. The van der Waals surface area contributed by atoms with E-state index in [9.17, 15) is 92.7 Å². The summed E-state index contributed by atoms with van der Waals surface area (Å²) in [4.78, 5) is 195. The maximum absolute atomic E-state index is 14.8. The summed E-state index contributed by atoms with van der Waals surface area (Å²) in [6.45, 7) is 10.1. The van der Waals surface area contributed by atoms with E-state index in [1.165, 1.54) is 74.7 Å². The first-order valence-corrected chi connectivity index (χ1v) is 36.2. The van der Waals surface area contributed by atoms with Gasteiger partial charge in [-0.1, -0.05) is 116 Å². The fraction of sp³-hybridized carbons (Fsp3) is 0.639. The van der Waals surface area contributed by atoms with E-state index >= 15 is 0 Å². The molecule has 104 heavy (non-hydrogen) atoms. The molecular weight excluding hydrogens is 1350 g/mol. The third-order valence-electron chi connectivity index (χ3n) is 18.3. The molecule has 1 fully saturated rings. The van der Waals surface area contributed by atoms with E-state index < -0.39 is 213 Å². The fourth-order valence-corrected chi connectivity index (χ4v) is 12.0. The lowest BCUT2D eigenvalue weighted by Gasteiger charge is -2.30. The maximum atomic E-state index is 14.8. The van der Waals surface area contributed by atoms with E-state index in [1.54, 1.807) is 13.8 Å². The summed E-state index contributed by atoms with van der Waals surface area (Å²) in [5, 5.41) is 74.1. The second-order valence-corrected chi connectivity index (χ2v) is 27.5. The Morgan fingerprint density at radius 2 is 1.17 bits per heavy atom. The van der Waals surface area contributed by atoms with Crippen LogP contribution in [0.15, 0.2) is 48.5 Å². The smallest absolute Gasteiger partial charge is 0.334 e. The van der Waals surface area contributed by atoms with Crippen molar-refractivity contribution in [1.29, 1.82) is 0 Å². The van der Waals surface area contributed by atoms with Crippen LogP contribution in [-0.4, -0.2) is 199 Å². The molecule has 3 aliphatic rings. The number of fused-ring (bicyclic) bond motifs is 23. The Balaban J connectivity index is 1.75. The molecule has 11 amide bonds. The number of phenolic OH excluding ortho intramolecular Hbond substituents is 1. The van der Waals surface area contributed by atoms with Crippen molar-refractivity contribution < 1.29 is 97.4 Å². The number of amides is 11. The number of nitrogens with one attached hydrogen (secondary N) is 9. The van der Waals surface area contributed by atoms with Crippen LogP contribution in [0, 0.1) is 11.8 Å². The van der Waals surface area contributed by atoms with Crippen molar-refractivity contribution in [1.82, 2.24) is 52.8 Å². The zero-order valence-corrected chi connectivity index (χ0v) is 60.5. The van der Waals surface area contributed by atoms with Gasteiger partial charge in [-0.2, -0.15) is 0 Å². The quantitative estimate of drug-likeness (QED) is 0.0198. The highest BCUT2D eigenvalue weighted by Crippen LogP contribution is 2.23. The van der Waals surface area contributed by atoms with Crippen LogP contribution in [0.1, 0.15) is 194 Å². The summed E-state index contributed by atoms with van der Waals surface area (Å²) in [5.41, 5.74) is 12.0. The molecular formula is C72H110N12O20. The number of carbonyl (C=O) groups is 14. The highest BCUT2D eigenvalue weighted by Gasteiger charge is 2.41. The van der Waals surface area contributed by atoms with Gasteiger partial charge in [0.1, 0.15) is 71.9 Å². The number of carbonyl (C=O) groups excluding carboxylic acids is 12. The van der Waals surface area contributed by atoms with E-state index in [0.29, 0.717) is 30.7 Å². The SMILES string of the molecule is CC[C@H](C)[C@@H]1NC(=O)[C@H](Cc2ccc(O)cc2)NC(=O)[C@H](CCC(N)=O)NC(=O)[C@@H]2CCCN2C(=O)[C@H](C)NC(=O)[C@H](CCC(=O)O)NC(=O)[C@H]([C@@H](C)O)NC(=O)[C@@H](NC(=O)[C@H](CCCN)NC(=O)[C@H](CCC(=O)O)NC(=O)CC(O)CCCCCCCCCCC(C)C)Cc2ccc(cc2)OC1=O. The molecule has 0 saturated carbocycles. The predicted molar refractivity (Wildman–Crippen MR) is 379 cm³/mol. The number of aliphatic hydroxyl groups excluding tert-OH is 2. The van der Waals surface area contributed by atoms with E-state index in [4.69, 9.17) is 16.2 Å². The lowest BCUT2D eigenvalue weighted by molar-refractivity contribution is -0.143. The Kier molecular flexibility index (Phi) is 37.7. The Hall–Kier alpha value is -9.30. The van der Waals surface area contributed by atoms with E-state index in [0.717, 1.165) is 43.9 Å². The van der Waals surface area contributed by atoms with Gasteiger partial charge in [-0.05, 0) is 119 Å². The molecule has 18 N–H and O–H groups in total. The van der Waals surface area contributed by atoms with Crippen molar-refractivity contribution in [3.05, 3.63) is 59.7 Å². The zero-order valence-electron chi connectivity index (χ0n) is 60.5. The third kappa shape index (κ3) is 31.0. The molecule has 3 heterocycles. The second-order valence-electron chi connectivity index (χ2n) is 27.5. The fourth-order valence-electron chi connectivity index (χ4n) is 12.0. The topological polar surface area (TPSA) is 513 Å². The van der Waals surface area contributed by atoms with Crippen LogP contribution < -0.4 is 64.1 Å². The summed E-state index contributed by atoms with van der Waals surface area (Å²) < 4.78 is 5.82. The average molecular weight is 1460 g/mol. The van der Waals surface area contributed by atoms with Crippen LogP contribution in [0.2, 0.25) is 0 Å². The molecule has 578 valence electrons. The van der Waals surface area contributed by atoms with Crippen molar-refractivity contribution in [2.24, 2.45) is 23.3 Å². The number of phenols is 1. The standard InChI is InChI=1S/C72H110N12O20/c1-7-42(4)61-72(103)104-49-28-24-46(25-29-49)39-55(80-64(95)50(20-16-36-73)77-65(96)51(31-34-59(90)91)76-58(89)40-48(87)19-15-13-11-9-8-10-12-14-18-41(2)3)68(99)83-62(44(6)85)70(101)79-53(32-35-60(92)93)63(94)75-43(5)71(102)84-37-17-21-56(84)69(100)78-52(30-33-57(74)88)66(97)81-54(67(98)82-61)38-45-22-26-47(86)27-23-45/h22-29,41-44,48,50-56,61-62,85-87H,7-21,30-40,73H2,1-6H3,(H2,74,88)(H,75,94)(H,76,89)(H,77,96)(H,78,100)(H,79,101)(H,80,95)(H,81,97)(H,82,98)(H,83,99)(H,90,91)(H,92,93)/t42-,43-,44+,48?,50-,51-,52-,53-,54-,55-,56-,61-,62-/m0/s1. The highest BCUT2D eigenvalue weighted by molar-refractivity contribution is 5.99. The normalized spacial score (nSPS) is 22.0. The average Bonchev–Trinajstić information content (AvgIpc) is 1.44. The molecule has 2 aromatic rings. The first kappa shape index (κ1) is 87.1. The number of carboxylic acids is 2. The number of ether oxygens (including phenoxy) is 1. The lowest BCUT2D eigenvalue weighted by Crippen LogP contribution is -2.62. The Morgan fingerprint density at radius 3 is 1.76 bits per heavy atom. The largest absolute Gasteiger partial charge is 0.508 e. The number of rotatable bonds is 35. The molecule has 0 aromatic heterocycles. The van der Waals surface area contributed by atoms with Gasteiger partial charge in [0.05, 0.1) is 18.6 Å². The number of aliphatic hydroxyl groups is 2. The monoisotopic (exact) mass is 1460 g/mol. The Labute approximate surface area is 606 Å². The van der Waals surface area contributed by atoms with Crippen molar-refractivity contribution in [2.45, 2.75) is 268 Å². The van der Waals surface area contributed by atoms with Crippen LogP contribution in [0.5, 0.6) is 11.5 Å². The van der Waals surface area contributed by atoms with Crippen LogP contribution in [0.25, 0.3) is 0 Å². The maximum Gasteiger partial charge on any atom is 0.334 e. The van der Waals surface area contributed by atoms with Gasteiger partial charge in [0.2, 0.25) is 65.0 Å². The summed E-state index contributed by atoms with van der Waals surface area (Å²) in [6.07, 6.45) is 2.79. The van der Waals surface area contributed by atoms with E-state index in [-0.39, 0.29) is 62.3 Å². The minimum Gasteiger partial charge on any atom is -0.508 e. The van der Waals surface area contributed by atoms with Gasteiger partial charge in [-0.15, -0.1) is 0 Å². The van der Waals surface area contributed by atoms with Gasteiger partial charge >= 0.3 is 17.9 Å². The number of carboxylic acid groups (broad SMARTS) is 2. The molecule has 32 nitrogen and oxygen atoms in total. The lowest BCUT2D eigenvalue weighted by atomic mass is 9.97. The van der Waals surface area contributed by atoms with Crippen LogP contribution in [-0.2, 0) is 80.0 Å². The van der Waals surface area contributed by atoms with Crippen molar-refractivity contribution >= 4 is 82.9 Å². The number of primary amides is 1. The molecule has 3 aliphatic heterocycles. The summed E-state index contributed by atoms with van der Waals surface area (Å²) in [6, 6.07) is -4.88. The van der Waals surface area contributed by atoms with Crippen LogP contribution in [0.4, 0.5) is 0 Å². The number of nitrogens with two attached hydrogens (primary N) is 2. The number of aliphatic carboxylic acids is 2. The number of aromatic hydroxyl groups is 1. The number of benzene rings is 2. The molecule has 32 heteroatoms. The van der Waals surface area contributed by atoms with E-state index in [2.05, 4.69) is 61.7 Å². The molecule has 5 rings (SSSR count). The van der Waals surface area contributed by atoms with Gasteiger partial charge in [-0.3, -0.25) is 62.3 Å². The molecule has 2 bridgehead atoms. The number of nitrogens with zero attached hydrogens (tertiary/aromatic N) is 1.